The van der Waals surface area contributed by atoms with Gasteiger partial charge in [-0.3, -0.25) is 9.69 Å². The zero-order valence-corrected chi connectivity index (χ0v) is 20.8. The summed E-state index contributed by atoms with van der Waals surface area (Å²) in [6.45, 7) is 5.30. The highest BCUT2D eigenvalue weighted by Crippen LogP contribution is 2.34. The molecule has 0 bridgehead atoms. The second-order valence-corrected chi connectivity index (χ2v) is 8.93. The number of allylic oxidation sites excluding steroid dienone is 1. The van der Waals surface area contributed by atoms with Gasteiger partial charge in [-0.1, -0.05) is 13.0 Å². The van der Waals surface area contributed by atoms with Gasteiger partial charge in [0.2, 0.25) is 0 Å². The summed E-state index contributed by atoms with van der Waals surface area (Å²) >= 11 is 0. The predicted octanol–water partition coefficient (Wildman–Crippen LogP) is 4.00. The molecule has 11 heteroatoms. The van der Waals surface area contributed by atoms with Gasteiger partial charge in [0, 0.05) is 57.5 Å². The molecular formula is C25H30F4N6O. The zero-order chi connectivity index (χ0) is 26.6. The normalized spacial score (nSPS) is 18.1. The van der Waals surface area contributed by atoms with Crippen LogP contribution in [-0.4, -0.2) is 65.5 Å². The zero-order valence-electron chi connectivity index (χ0n) is 20.8. The highest BCUT2D eigenvalue weighted by atomic mass is 19.4. The summed E-state index contributed by atoms with van der Waals surface area (Å²) < 4.78 is 55.3. The fourth-order valence-corrected chi connectivity index (χ4v) is 4.56. The van der Waals surface area contributed by atoms with E-state index in [1.165, 1.54) is 12.1 Å². The fourth-order valence-electron chi connectivity index (χ4n) is 4.56. The lowest BCUT2D eigenvalue weighted by molar-refractivity contribution is -0.137. The van der Waals surface area contributed by atoms with Gasteiger partial charge in [-0.25, -0.2) is 14.1 Å². The van der Waals surface area contributed by atoms with Crippen LogP contribution in [0.1, 0.15) is 49.0 Å². The Kier molecular flexibility index (Phi) is 8.40. The Morgan fingerprint density at radius 2 is 2.06 bits per heavy atom. The molecule has 194 valence electrons. The summed E-state index contributed by atoms with van der Waals surface area (Å²) in [5.74, 6) is -0.349. The van der Waals surface area contributed by atoms with Crippen molar-refractivity contribution in [2.75, 3.05) is 38.7 Å². The van der Waals surface area contributed by atoms with Crippen LogP contribution in [0.25, 0.3) is 5.70 Å². The van der Waals surface area contributed by atoms with Gasteiger partial charge in [0.15, 0.2) is 5.82 Å². The number of rotatable bonds is 8. The molecule has 1 aromatic heterocycles. The van der Waals surface area contributed by atoms with Crippen molar-refractivity contribution in [1.82, 2.24) is 19.5 Å². The smallest absolute Gasteiger partial charge is 0.363 e. The SMILES string of the molecule is CCC1CN(C(C)c2ccc(C(F)(F)F)cc2F)CCN1/C(=C/C=O)c1nc(CC#N)cn1N(C)C. The topological polar surface area (TPSA) is 68.4 Å². The summed E-state index contributed by atoms with van der Waals surface area (Å²) in [4.78, 5) is 20.3. The Hall–Kier alpha value is -3.39. The molecule has 0 aliphatic carbocycles. The Bertz CT molecular complexity index is 1150. The molecule has 2 aromatic rings. The van der Waals surface area contributed by atoms with Crippen molar-refractivity contribution in [3.63, 3.8) is 0 Å². The van der Waals surface area contributed by atoms with E-state index in [0.717, 1.165) is 6.07 Å². The highest BCUT2D eigenvalue weighted by molar-refractivity contribution is 5.79. The minimum atomic E-state index is -4.60. The van der Waals surface area contributed by atoms with Crippen molar-refractivity contribution in [2.45, 2.75) is 44.9 Å². The molecule has 0 N–H and O–H groups in total. The number of hydrogen-bond donors (Lipinski definition) is 0. The van der Waals surface area contributed by atoms with Crippen LogP contribution in [0.2, 0.25) is 0 Å². The lowest BCUT2D eigenvalue weighted by atomic mass is 10.00. The number of benzene rings is 1. The molecular weight excluding hydrogens is 476 g/mol. The molecule has 1 aromatic carbocycles. The number of aldehydes is 1. The molecule has 0 spiro atoms. The van der Waals surface area contributed by atoms with Crippen molar-refractivity contribution < 1.29 is 22.4 Å². The van der Waals surface area contributed by atoms with Crippen molar-refractivity contribution in [3.05, 3.63) is 58.9 Å². The van der Waals surface area contributed by atoms with Crippen LogP contribution in [0.4, 0.5) is 17.6 Å². The lowest BCUT2D eigenvalue weighted by Gasteiger charge is -2.45. The number of nitrogens with zero attached hydrogens (tertiary/aromatic N) is 6. The van der Waals surface area contributed by atoms with E-state index in [0.29, 0.717) is 55.6 Å². The van der Waals surface area contributed by atoms with E-state index >= 15 is 0 Å². The summed E-state index contributed by atoms with van der Waals surface area (Å²) in [7, 11) is 3.66. The largest absolute Gasteiger partial charge is 0.416 e. The summed E-state index contributed by atoms with van der Waals surface area (Å²) in [6, 6.07) is 4.25. The number of imidazole rings is 1. The number of alkyl halides is 3. The molecule has 0 saturated carbocycles. The molecule has 1 fully saturated rings. The number of carbonyl (C=O) groups is 1. The molecule has 0 radical (unpaired) electrons. The van der Waals surface area contributed by atoms with E-state index in [-0.39, 0.29) is 18.0 Å². The molecule has 36 heavy (non-hydrogen) atoms. The first-order valence-electron chi connectivity index (χ1n) is 11.7. The molecule has 1 saturated heterocycles. The predicted molar refractivity (Wildman–Crippen MR) is 128 cm³/mol. The summed E-state index contributed by atoms with van der Waals surface area (Å²) in [5, 5.41) is 10.9. The van der Waals surface area contributed by atoms with Gasteiger partial charge in [-0.15, -0.1) is 0 Å². The third-order valence-corrected chi connectivity index (χ3v) is 6.50. The minimum Gasteiger partial charge on any atom is -0.363 e. The van der Waals surface area contributed by atoms with E-state index in [1.54, 1.807) is 22.8 Å². The maximum absolute atomic E-state index is 14.7. The number of nitriles is 1. The van der Waals surface area contributed by atoms with Gasteiger partial charge in [-0.2, -0.15) is 18.4 Å². The van der Waals surface area contributed by atoms with Crippen LogP contribution in [0.15, 0.2) is 30.5 Å². The first kappa shape index (κ1) is 27.2. The molecule has 2 heterocycles. The van der Waals surface area contributed by atoms with E-state index in [9.17, 15) is 22.4 Å². The van der Waals surface area contributed by atoms with E-state index in [4.69, 9.17) is 5.26 Å². The second kappa shape index (κ2) is 11.1. The Balaban J connectivity index is 1.88. The van der Waals surface area contributed by atoms with Crippen LogP contribution in [0.3, 0.4) is 0 Å². The van der Waals surface area contributed by atoms with Gasteiger partial charge >= 0.3 is 6.18 Å². The molecule has 3 rings (SSSR count). The highest BCUT2D eigenvalue weighted by Gasteiger charge is 2.35. The third-order valence-electron chi connectivity index (χ3n) is 6.50. The Labute approximate surface area is 208 Å². The van der Waals surface area contributed by atoms with Crippen molar-refractivity contribution in [2.24, 2.45) is 0 Å². The number of hydrogen-bond acceptors (Lipinski definition) is 6. The average Bonchev–Trinajstić information content (AvgIpc) is 3.25. The van der Waals surface area contributed by atoms with Crippen LogP contribution in [0, 0.1) is 17.1 Å². The van der Waals surface area contributed by atoms with Gasteiger partial charge < -0.3 is 9.91 Å². The molecule has 0 amide bonds. The van der Waals surface area contributed by atoms with Crippen LogP contribution < -0.4 is 5.01 Å². The summed E-state index contributed by atoms with van der Waals surface area (Å²) in [6.07, 6.45) is 0.146. The molecule has 1 aliphatic rings. The van der Waals surface area contributed by atoms with Gasteiger partial charge in [0.1, 0.15) is 12.1 Å². The van der Waals surface area contributed by atoms with Gasteiger partial charge in [-0.05, 0) is 25.5 Å². The standard InChI is InChI=1S/C25H30F4N6O/c1-5-20-16-33(17(2)21-7-6-18(14-22(21)26)25(27,28)29)11-12-34(20)23(9-13-36)24-31-19(8-10-30)15-35(24)32(3)4/h6-7,9,13-15,17,20H,5,8,11-12,16H2,1-4H3/b23-9+. The number of piperazine rings is 1. The average molecular weight is 507 g/mol. The van der Waals surface area contributed by atoms with Crippen LogP contribution >= 0.6 is 0 Å². The van der Waals surface area contributed by atoms with Gasteiger partial charge in [0.05, 0.1) is 35.6 Å². The van der Waals surface area contributed by atoms with E-state index in [2.05, 4.69) is 16.0 Å². The summed E-state index contributed by atoms with van der Waals surface area (Å²) in [5.41, 5.74) is 0.390. The fraction of sp³-hybridized carbons (Fsp3) is 0.480. The van der Waals surface area contributed by atoms with Crippen molar-refractivity contribution in [1.29, 1.82) is 5.26 Å². The Morgan fingerprint density at radius 1 is 1.33 bits per heavy atom. The maximum atomic E-state index is 14.7. The van der Waals surface area contributed by atoms with E-state index in [1.807, 2.05) is 25.9 Å². The Morgan fingerprint density at radius 3 is 2.61 bits per heavy atom. The quantitative estimate of drug-likeness (QED) is 0.306. The molecule has 2 atom stereocenters. The molecule has 1 aliphatic heterocycles. The maximum Gasteiger partial charge on any atom is 0.416 e. The second-order valence-electron chi connectivity index (χ2n) is 8.93. The lowest BCUT2D eigenvalue weighted by Crippen LogP contribution is -2.52. The number of aromatic nitrogens is 2. The van der Waals surface area contributed by atoms with Crippen LogP contribution in [-0.2, 0) is 17.4 Å². The van der Waals surface area contributed by atoms with Crippen LogP contribution in [0.5, 0.6) is 0 Å². The minimum absolute atomic E-state index is 0.0587. The van der Waals surface area contributed by atoms with Gasteiger partial charge in [0.25, 0.3) is 0 Å². The van der Waals surface area contributed by atoms with Crippen molar-refractivity contribution in [3.8, 4) is 6.07 Å². The van der Waals surface area contributed by atoms with E-state index < -0.39 is 23.6 Å². The molecule has 7 nitrogen and oxygen atoms in total. The third kappa shape index (κ3) is 5.70. The van der Waals surface area contributed by atoms with Crippen molar-refractivity contribution >= 4 is 12.0 Å². The molecule has 2 unspecified atom stereocenters. The number of carbonyl (C=O) groups excluding carboxylic acids is 1. The monoisotopic (exact) mass is 506 g/mol. The number of halogens is 4. The first-order valence-corrected chi connectivity index (χ1v) is 11.7. The first-order chi connectivity index (χ1) is 17.0.